The number of aromatic amines is 1. The summed E-state index contributed by atoms with van der Waals surface area (Å²) in [5.41, 5.74) is 0.537. The zero-order chi connectivity index (χ0) is 10.6. The van der Waals surface area contributed by atoms with Crippen LogP contribution in [0.25, 0.3) is 0 Å². The highest BCUT2D eigenvalue weighted by Gasteiger charge is 2.19. The third-order valence-electron chi connectivity index (χ3n) is 1.80. The number of imidazole rings is 1. The van der Waals surface area contributed by atoms with Gasteiger partial charge in [0.05, 0.1) is 19.2 Å². The van der Waals surface area contributed by atoms with E-state index in [9.17, 15) is 9.59 Å². The van der Waals surface area contributed by atoms with Crippen molar-refractivity contribution in [3.63, 3.8) is 0 Å². The van der Waals surface area contributed by atoms with E-state index in [4.69, 9.17) is 10.2 Å². The van der Waals surface area contributed by atoms with Crippen molar-refractivity contribution < 1.29 is 19.8 Å². The van der Waals surface area contributed by atoms with Gasteiger partial charge in [-0.25, -0.2) is 4.98 Å². The van der Waals surface area contributed by atoms with Gasteiger partial charge >= 0.3 is 11.9 Å². The molecule has 1 aromatic rings. The monoisotopic (exact) mass is 198 g/mol. The van der Waals surface area contributed by atoms with Gasteiger partial charge in [-0.3, -0.25) is 9.59 Å². The summed E-state index contributed by atoms with van der Waals surface area (Å²) in [5, 5.41) is 17.1. The van der Waals surface area contributed by atoms with Crippen molar-refractivity contribution in [2.75, 3.05) is 0 Å². The summed E-state index contributed by atoms with van der Waals surface area (Å²) >= 11 is 0. The van der Waals surface area contributed by atoms with Crippen LogP contribution < -0.4 is 0 Å². The van der Waals surface area contributed by atoms with Crippen LogP contribution in [-0.2, 0) is 9.59 Å². The van der Waals surface area contributed by atoms with Crippen LogP contribution in [0.15, 0.2) is 12.5 Å². The molecule has 76 valence electrons. The first kappa shape index (κ1) is 10.2. The lowest BCUT2D eigenvalue weighted by molar-refractivity contribution is -0.139. The number of nitrogens with one attached hydrogen (secondary N) is 1. The van der Waals surface area contributed by atoms with Crippen LogP contribution >= 0.6 is 0 Å². The van der Waals surface area contributed by atoms with Crippen molar-refractivity contribution in [2.24, 2.45) is 0 Å². The van der Waals surface area contributed by atoms with E-state index in [1.165, 1.54) is 12.5 Å². The highest BCUT2D eigenvalue weighted by atomic mass is 16.4. The van der Waals surface area contributed by atoms with Gasteiger partial charge in [-0.05, 0) is 0 Å². The molecule has 3 N–H and O–H groups in total. The molecule has 0 spiro atoms. The highest BCUT2D eigenvalue weighted by Crippen LogP contribution is 2.20. The molecule has 0 saturated heterocycles. The van der Waals surface area contributed by atoms with E-state index in [1.807, 2.05) is 0 Å². The molecule has 0 bridgehead atoms. The Kier molecular flexibility index (Phi) is 3.22. The number of aromatic nitrogens is 2. The Morgan fingerprint density at radius 2 is 1.93 bits per heavy atom. The van der Waals surface area contributed by atoms with Crippen LogP contribution in [0, 0.1) is 0 Å². The molecule has 0 amide bonds. The maximum atomic E-state index is 10.5. The zero-order valence-corrected chi connectivity index (χ0v) is 7.30. The molecule has 0 aliphatic rings. The Morgan fingerprint density at radius 1 is 1.36 bits per heavy atom. The molecular formula is C8H10N2O4. The fraction of sp³-hybridized carbons (Fsp3) is 0.375. The maximum Gasteiger partial charge on any atom is 0.304 e. The van der Waals surface area contributed by atoms with Crippen molar-refractivity contribution in [2.45, 2.75) is 18.8 Å². The predicted molar refractivity (Wildman–Crippen MR) is 45.8 cm³/mol. The minimum absolute atomic E-state index is 0.214. The van der Waals surface area contributed by atoms with E-state index in [-0.39, 0.29) is 12.8 Å². The molecule has 0 saturated carbocycles. The number of nitrogens with zero attached hydrogens (tertiary/aromatic N) is 1. The quantitative estimate of drug-likeness (QED) is 0.637. The van der Waals surface area contributed by atoms with Crippen molar-refractivity contribution in [1.29, 1.82) is 0 Å². The third kappa shape index (κ3) is 2.89. The fourth-order valence-corrected chi connectivity index (χ4v) is 1.20. The smallest absolute Gasteiger partial charge is 0.304 e. The average molecular weight is 198 g/mol. The van der Waals surface area contributed by atoms with E-state index < -0.39 is 17.9 Å². The van der Waals surface area contributed by atoms with Gasteiger partial charge in [0, 0.05) is 17.8 Å². The topological polar surface area (TPSA) is 103 Å². The predicted octanol–water partition coefficient (Wildman–Crippen LogP) is 0.443. The molecule has 6 nitrogen and oxygen atoms in total. The molecule has 1 heterocycles. The van der Waals surface area contributed by atoms with Crippen LogP contribution in [0.3, 0.4) is 0 Å². The van der Waals surface area contributed by atoms with Crippen molar-refractivity contribution in [3.8, 4) is 0 Å². The Balaban J connectivity index is 2.71. The van der Waals surface area contributed by atoms with Crippen LogP contribution in [0.4, 0.5) is 0 Å². The molecule has 6 heteroatoms. The molecule has 0 unspecified atom stereocenters. The van der Waals surface area contributed by atoms with E-state index in [1.54, 1.807) is 0 Å². The fourth-order valence-electron chi connectivity index (χ4n) is 1.20. The minimum atomic E-state index is -1.02. The third-order valence-corrected chi connectivity index (χ3v) is 1.80. The van der Waals surface area contributed by atoms with Gasteiger partial charge in [0.2, 0.25) is 0 Å². The van der Waals surface area contributed by atoms with Gasteiger partial charge in [-0.15, -0.1) is 0 Å². The summed E-state index contributed by atoms with van der Waals surface area (Å²) in [7, 11) is 0. The second-order valence-corrected chi connectivity index (χ2v) is 2.90. The SMILES string of the molecule is O=C(O)CC(CC(=O)O)c1cnc[nH]1. The average Bonchev–Trinajstić information content (AvgIpc) is 2.52. The van der Waals surface area contributed by atoms with Crippen LogP contribution in [0.1, 0.15) is 24.5 Å². The molecule has 0 aromatic carbocycles. The first-order chi connectivity index (χ1) is 6.59. The molecule has 14 heavy (non-hydrogen) atoms. The molecular weight excluding hydrogens is 188 g/mol. The van der Waals surface area contributed by atoms with E-state index in [0.717, 1.165) is 0 Å². The van der Waals surface area contributed by atoms with Gasteiger partial charge in [0.15, 0.2) is 0 Å². The van der Waals surface area contributed by atoms with Crippen LogP contribution in [0.5, 0.6) is 0 Å². The lowest BCUT2D eigenvalue weighted by Gasteiger charge is -2.09. The molecule has 0 aliphatic carbocycles. The van der Waals surface area contributed by atoms with E-state index in [0.29, 0.717) is 5.69 Å². The van der Waals surface area contributed by atoms with Gasteiger partial charge in [-0.2, -0.15) is 0 Å². The number of carbonyl (C=O) groups is 2. The van der Waals surface area contributed by atoms with Gasteiger partial charge in [0.25, 0.3) is 0 Å². The summed E-state index contributed by atoms with van der Waals surface area (Å²) in [5.74, 6) is -2.59. The van der Waals surface area contributed by atoms with E-state index in [2.05, 4.69) is 9.97 Å². The molecule has 0 fully saturated rings. The number of hydrogen-bond acceptors (Lipinski definition) is 3. The maximum absolute atomic E-state index is 10.5. The Bertz CT molecular complexity index is 304. The number of carboxylic acid groups (broad SMARTS) is 2. The second-order valence-electron chi connectivity index (χ2n) is 2.90. The molecule has 0 atom stereocenters. The lowest BCUT2D eigenvalue weighted by atomic mass is 9.98. The lowest BCUT2D eigenvalue weighted by Crippen LogP contribution is -2.11. The molecule has 1 rings (SSSR count). The second kappa shape index (κ2) is 4.40. The summed E-state index contributed by atoms with van der Waals surface area (Å²) in [4.78, 5) is 27.3. The Labute approximate surface area is 79.6 Å². The standard InChI is InChI=1S/C8H10N2O4/c11-7(12)1-5(2-8(13)14)6-3-9-4-10-6/h3-5H,1-2H2,(H,9,10)(H,11,12)(H,13,14). The largest absolute Gasteiger partial charge is 0.481 e. The number of carboxylic acids is 2. The first-order valence-electron chi connectivity index (χ1n) is 4.01. The van der Waals surface area contributed by atoms with Gasteiger partial charge in [0.1, 0.15) is 0 Å². The number of rotatable bonds is 5. The summed E-state index contributed by atoms with van der Waals surface area (Å²) in [6.45, 7) is 0. The summed E-state index contributed by atoms with van der Waals surface area (Å²) in [6, 6.07) is 0. The van der Waals surface area contributed by atoms with Crippen molar-refractivity contribution in [3.05, 3.63) is 18.2 Å². The van der Waals surface area contributed by atoms with Gasteiger partial charge in [-0.1, -0.05) is 0 Å². The first-order valence-corrected chi connectivity index (χ1v) is 4.01. The molecule has 1 aromatic heterocycles. The van der Waals surface area contributed by atoms with E-state index >= 15 is 0 Å². The Hall–Kier alpha value is -1.85. The van der Waals surface area contributed by atoms with Crippen molar-refractivity contribution >= 4 is 11.9 Å². The number of aliphatic carboxylic acids is 2. The highest BCUT2D eigenvalue weighted by molar-refractivity contribution is 5.72. The number of hydrogen-bond donors (Lipinski definition) is 3. The van der Waals surface area contributed by atoms with Crippen LogP contribution in [0.2, 0.25) is 0 Å². The normalized spacial score (nSPS) is 10.4. The minimum Gasteiger partial charge on any atom is -0.481 e. The van der Waals surface area contributed by atoms with Gasteiger partial charge < -0.3 is 15.2 Å². The van der Waals surface area contributed by atoms with Crippen LogP contribution in [-0.4, -0.2) is 32.1 Å². The molecule has 0 radical (unpaired) electrons. The summed E-state index contributed by atoms with van der Waals surface area (Å²) < 4.78 is 0. The number of H-pyrrole nitrogens is 1. The molecule has 0 aliphatic heterocycles. The Morgan fingerprint density at radius 3 is 2.29 bits per heavy atom. The zero-order valence-electron chi connectivity index (χ0n) is 7.30. The van der Waals surface area contributed by atoms with Crippen molar-refractivity contribution in [1.82, 2.24) is 9.97 Å². The summed E-state index contributed by atoms with van der Waals surface area (Å²) in [6.07, 6.45) is 2.41.